The standard InChI is InChI=1S/C22H29N3O3/c1-14-9-19(27-6)17(10-15(14)13-26)18-7-8-20(24-23-18)28-16-11-21(2,3)25-22(4,5)12-16/h7-10,13,16,25H,11-12H2,1-6H3. The van der Waals surface area contributed by atoms with Gasteiger partial charge in [0.25, 0.3) is 0 Å². The van der Waals surface area contributed by atoms with Gasteiger partial charge in [-0.25, -0.2) is 0 Å². The Morgan fingerprint density at radius 3 is 2.32 bits per heavy atom. The first-order chi connectivity index (χ1) is 13.1. The first-order valence-electron chi connectivity index (χ1n) is 9.56. The number of carbonyl (C=O) groups is 1. The van der Waals surface area contributed by atoms with Gasteiger partial charge in [-0.05, 0) is 58.4 Å². The highest BCUT2D eigenvalue weighted by Crippen LogP contribution is 2.33. The molecule has 0 saturated carbocycles. The van der Waals surface area contributed by atoms with Gasteiger partial charge in [0.15, 0.2) is 0 Å². The molecule has 1 aromatic heterocycles. The van der Waals surface area contributed by atoms with Crippen molar-refractivity contribution < 1.29 is 14.3 Å². The minimum Gasteiger partial charge on any atom is -0.496 e. The highest BCUT2D eigenvalue weighted by atomic mass is 16.5. The summed E-state index contributed by atoms with van der Waals surface area (Å²) in [6.45, 7) is 10.6. The SMILES string of the molecule is COc1cc(C)c(C=O)cc1-c1ccc(OC2CC(C)(C)NC(C)(C)C2)nn1. The lowest BCUT2D eigenvalue weighted by atomic mass is 9.81. The third kappa shape index (κ3) is 4.50. The number of methoxy groups -OCH3 is 1. The molecule has 0 unspecified atom stereocenters. The van der Waals surface area contributed by atoms with Crippen LogP contribution in [0, 0.1) is 6.92 Å². The van der Waals surface area contributed by atoms with E-state index in [1.54, 1.807) is 13.2 Å². The fourth-order valence-corrected chi connectivity index (χ4v) is 4.20. The maximum absolute atomic E-state index is 11.3. The zero-order chi connectivity index (χ0) is 20.5. The molecule has 1 aromatic carbocycles. The van der Waals surface area contributed by atoms with Crippen LogP contribution in [-0.2, 0) is 0 Å². The van der Waals surface area contributed by atoms with Gasteiger partial charge in [0.05, 0.1) is 12.8 Å². The molecule has 0 amide bonds. The van der Waals surface area contributed by atoms with Gasteiger partial charge in [0, 0.05) is 41.1 Å². The Balaban J connectivity index is 1.82. The number of carbonyl (C=O) groups excluding carboxylic acids is 1. The zero-order valence-corrected chi connectivity index (χ0v) is 17.5. The van der Waals surface area contributed by atoms with Gasteiger partial charge in [0.2, 0.25) is 5.88 Å². The molecule has 3 rings (SSSR count). The average Bonchev–Trinajstić information content (AvgIpc) is 2.59. The molecule has 2 aromatic rings. The molecule has 1 fully saturated rings. The van der Waals surface area contributed by atoms with Gasteiger partial charge in [-0.2, -0.15) is 0 Å². The van der Waals surface area contributed by atoms with E-state index in [2.05, 4.69) is 43.2 Å². The number of nitrogens with one attached hydrogen (secondary N) is 1. The first kappa shape index (κ1) is 20.3. The molecular formula is C22H29N3O3. The number of nitrogens with zero attached hydrogens (tertiary/aromatic N) is 2. The van der Waals surface area contributed by atoms with Crippen molar-refractivity contribution in [2.75, 3.05) is 7.11 Å². The summed E-state index contributed by atoms with van der Waals surface area (Å²) in [6.07, 6.45) is 2.70. The van der Waals surface area contributed by atoms with Crippen LogP contribution in [0.25, 0.3) is 11.3 Å². The van der Waals surface area contributed by atoms with Crippen molar-refractivity contribution >= 4 is 6.29 Å². The summed E-state index contributed by atoms with van der Waals surface area (Å²) in [7, 11) is 1.60. The second-order valence-electron chi connectivity index (χ2n) is 8.82. The summed E-state index contributed by atoms with van der Waals surface area (Å²) in [5.74, 6) is 1.16. The highest BCUT2D eigenvalue weighted by molar-refractivity contribution is 5.82. The lowest BCUT2D eigenvalue weighted by Crippen LogP contribution is -2.60. The van der Waals surface area contributed by atoms with Gasteiger partial charge < -0.3 is 14.8 Å². The number of aldehydes is 1. The van der Waals surface area contributed by atoms with E-state index in [0.717, 1.165) is 30.3 Å². The third-order valence-electron chi connectivity index (χ3n) is 5.07. The largest absolute Gasteiger partial charge is 0.496 e. The molecule has 6 heteroatoms. The van der Waals surface area contributed by atoms with E-state index >= 15 is 0 Å². The topological polar surface area (TPSA) is 73.3 Å². The summed E-state index contributed by atoms with van der Waals surface area (Å²) in [5, 5.41) is 12.2. The Kier molecular flexibility index (Phi) is 5.44. The second-order valence-corrected chi connectivity index (χ2v) is 8.82. The van der Waals surface area contributed by atoms with Crippen LogP contribution >= 0.6 is 0 Å². The van der Waals surface area contributed by atoms with Crippen molar-refractivity contribution in [3.8, 4) is 22.9 Å². The predicted octanol–water partition coefficient (Wildman–Crippen LogP) is 3.96. The smallest absolute Gasteiger partial charge is 0.233 e. The fourth-order valence-electron chi connectivity index (χ4n) is 4.20. The van der Waals surface area contributed by atoms with Crippen LogP contribution in [0.1, 0.15) is 56.5 Å². The normalized spacial score (nSPS) is 18.5. The number of hydrogen-bond donors (Lipinski definition) is 1. The van der Waals surface area contributed by atoms with E-state index < -0.39 is 0 Å². The molecule has 0 aliphatic carbocycles. The van der Waals surface area contributed by atoms with Crippen molar-refractivity contribution in [1.82, 2.24) is 15.5 Å². The van der Waals surface area contributed by atoms with Crippen LogP contribution in [0.5, 0.6) is 11.6 Å². The fraction of sp³-hybridized carbons (Fsp3) is 0.500. The van der Waals surface area contributed by atoms with E-state index in [0.29, 0.717) is 22.9 Å². The number of piperidine rings is 1. The molecule has 2 heterocycles. The lowest BCUT2D eigenvalue weighted by molar-refractivity contribution is 0.0524. The minimum absolute atomic E-state index is 0.000279. The van der Waals surface area contributed by atoms with E-state index in [1.165, 1.54) is 0 Å². The highest BCUT2D eigenvalue weighted by Gasteiger charge is 2.38. The minimum atomic E-state index is 0.000279. The van der Waals surface area contributed by atoms with E-state index in [4.69, 9.17) is 9.47 Å². The Bertz CT molecular complexity index is 844. The van der Waals surface area contributed by atoms with Gasteiger partial charge >= 0.3 is 0 Å². The Morgan fingerprint density at radius 1 is 1.11 bits per heavy atom. The molecule has 1 saturated heterocycles. The lowest BCUT2D eigenvalue weighted by Gasteiger charge is -2.46. The van der Waals surface area contributed by atoms with Crippen LogP contribution in [-0.4, -0.2) is 40.8 Å². The molecule has 0 atom stereocenters. The maximum atomic E-state index is 11.3. The van der Waals surface area contributed by atoms with Crippen LogP contribution in [0.3, 0.4) is 0 Å². The average molecular weight is 383 g/mol. The number of aromatic nitrogens is 2. The number of hydrogen-bond acceptors (Lipinski definition) is 6. The van der Waals surface area contributed by atoms with E-state index in [-0.39, 0.29) is 17.2 Å². The number of aryl methyl sites for hydroxylation is 1. The summed E-state index contributed by atoms with van der Waals surface area (Å²) in [6, 6.07) is 7.29. The van der Waals surface area contributed by atoms with Crippen molar-refractivity contribution in [2.45, 2.75) is 64.6 Å². The van der Waals surface area contributed by atoms with Crippen LogP contribution in [0.2, 0.25) is 0 Å². The molecule has 6 nitrogen and oxygen atoms in total. The zero-order valence-electron chi connectivity index (χ0n) is 17.5. The second kappa shape index (κ2) is 7.51. The number of rotatable bonds is 5. The number of ether oxygens (including phenoxy) is 2. The van der Waals surface area contributed by atoms with Crippen molar-refractivity contribution in [1.29, 1.82) is 0 Å². The first-order valence-corrected chi connectivity index (χ1v) is 9.56. The molecule has 1 N–H and O–H groups in total. The van der Waals surface area contributed by atoms with Crippen LogP contribution in [0.4, 0.5) is 0 Å². The Morgan fingerprint density at radius 2 is 1.79 bits per heavy atom. The van der Waals surface area contributed by atoms with Crippen LogP contribution < -0.4 is 14.8 Å². The molecule has 150 valence electrons. The van der Waals surface area contributed by atoms with Crippen LogP contribution in [0.15, 0.2) is 24.3 Å². The predicted molar refractivity (Wildman–Crippen MR) is 109 cm³/mol. The Labute approximate surface area is 166 Å². The summed E-state index contributed by atoms with van der Waals surface area (Å²) < 4.78 is 11.6. The summed E-state index contributed by atoms with van der Waals surface area (Å²) in [4.78, 5) is 11.3. The summed E-state index contributed by atoms with van der Waals surface area (Å²) in [5.41, 5.74) is 2.84. The molecule has 28 heavy (non-hydrogen) atoms. The van der Waals surface area contributed by atoms with Crippen molar-refractivity contribution in [2.24, 2.45) is 0 Å². The molecule has 0 radical (unpaired) electrons. The molecule has 1 aliphatic heterocycles. The Hall–Kier alpha value is -2.47. The molecule has 0 spiro atoms. The number of benzene rings is 1. The van der Waals surface area contributed by atoms with Crippen molar-refractivity contribution in [3.05, 3.63) is 35.4 Å². The van der Waals surface area contributed by atoms with Gasteiger partial charge in [-0.15, -0.1) is 10.2 Å². The van der Waals surface area contributed by atoms with Gasteiger partial charge in [-0.3, -0.25) is 4.79 Å². The summed E-state index contributed by atoms with van der Waals surface area (Å²) >= 11 is 0. The molecule has 0 bridgehead atoms. The maximum Gasteiger partial charge on any atom is 0.233 e. The van der Waals surface area contributed by atoms with E-state index in [9.17, 15) is 4.79 Å². The van der Waals surface area contributed by atoms with Gasteiger partial charge in [-0.1, -0.05) is 0 Å². The molecular weight excluding hydrogens is 354 g/mol. The quantitative estimate of drug-likeness (QED) is 0.788. The third-order valence-corrected chi connectivity index (χ3v) is 5.07. The molecule has 1 aliphatic rings. The van der Waals surface area contributed by atoms with Gasteiger partial charge in [0.1, 0.15) is 18.1 Å². The van der Waals surface area contributed by atoms with Crippen molar-refractivity contribution in [3.63, 3.8) is 0 Å². The monoisotopic (exact) mass is 383 g/mol. The van der Waals surface area contributed by atoms with E-state index in [1.807, 2.05) is 25.1 Å².